The third-order valence-electron chi connectivity index (χ3n) is 3.80. The molecule has 0 spiro atoms. The van der Waals surface area contributed by atoms with Gasteiger partial charge in [0.05, 0.1) is 11.6 Å². The molecule has 3 heteroatoms. The first kappa shape index (κ1) is 12.5. The summed E-state index contributed by atoms with van der Waals surface area (Å²) in [7, 11) is 0. The van der Waals surface area contributed by atoms with Gasteiger partial charge in [0.15, 0.2) is 0 Å². The standard InChI is InChI=1S/C16H18FNO/c17-13-5-7-16-15(11-13)12(8-9-18-16)4-6-14-3-1-2-10-19-14/h5,7-9,11,14H,1-4,6,10H2. The molecule has 2 aromatic rings. The number of ether oxygens (including phenoxy) is 1. The number of halogens is 1. The molecule has 2 heterocycles. The number of pyridine rings is 1. The Balaban J connectivity index is 1.78. The van der Waals surface area contributed by atoms with Crippen molar-refractivity contribution in [3.8, 4) is 0 Å². The van der Waals surface area contributed by atoms with E-state index in [1.165, 1.54) is 24.5 Å². The van der Waals surface area contributed by atoms with Crippen LogP contribution in [0.5, 0.6) is 0 Å². The Morgan fingerprint density at radius 2 is 2.21 bits per heavy atom. The summed E-state index contributed by atoms with van der Waals surface area (Å²) in [6, 6.07) is 6.78. The molecule has 0 aliphatic carbocycles. The van der Waals surface area contributed by atoms with E-state index in [9.17, 15) is 4.39 Å². The number of hydrogen-bond donors (Lipinski definition) is 0. The van der Waals surface area contributed by atoms with Gasteiger partial charge in [0.25, 0.3) is 0 Å². The maximum atomic E-state index is 13.4. The quantitative estimate of drug-likeness (QED) is 0.834. The summed E-state index contributed by atoms with van der Waals surface area (Å²) in [5.74, 6) is -0.198. The van der Waals surface area contributed by atoms with Crippen molar-refractivity contribution in [3.05, 3.63) is 41.8 Å². The van der Waals surface area contributed by atoms with E-state index in [0.29, 0.717) is 6.10 Å². The van der Waals surface area contributed by atoms with E-state index in [0.717, 1.165) is 36.8 Å². The summed E-state index contributed by atoms with van der Waals surface area (Å²) in [6.07, 6.45) is 7.69. The Morgan fingerprint density at radius 3 is 3.05 bits per heavy atom. The number of benzene rings is 1. The molecule has 0 amide bonds. The molecule has 0 saturated carbocycles. The molecular formula is C16H18FNO. The van der Waals surface area contributed by atoms with Gasteiger partial charge in [-0.3, -0.25) is 4.98 Å². The van der Waals surface area contributed by atoms with Gasteiger partial charge in [-0.1, -0.05) is 0 Å². The van der Waals surface area contributed by atoms with Gasteiger partial charge in [0.2, 0.25) is 0 Å². The average molecular weight is 259 g/mol. The number of aromatic nitrogens is 1. The van der Waals surface area contributed by atoms with Crippen LogP contribution in [-0.2, 0) is 11.2 Å². The number of rotatable bonds is 3. The highest BCUT2D eigenvalue weighted by atomic mass is 19.1. The van der Waals surface area contributed by atoms with Gasteiger partial charge >= 0.3 is 0 Å². The van der Waals surface area contributed by atoms with Gasteiger partial charge < -0.3 is 4.74 Å². The Kier molecular flexibility index (Phi) is 3.74. The Bertz CT molecular complexity index is 564. The monoisotopic (exact) mass is 259 g/mol. The Morgan fingerprint density at radius 1 is 1.26 bits per heavy atom. The fourth-order valence-corrected chi connectivity index (χ4v) is 2.74. The molecule has 0 bridgehead atoms. The van der Waals surface area contributed by atoms with Crippen LogP contribution < -0.4 is 0 Å². The van der Waals surface area contributed by atoms with Crippen molar-refractivity contribution < 1.29 is 9.13 Å². The number of aryl methyl sites for hydroxylation is 1. The molecule has 3 rings (SSSR count). The molecule has 1 fully saturated rings. The predicted molar refractivity (Wildman–Crippen MR) is 73.6 cm³/mol. The molecule has 1 aliphatic heterocycles. The van der Waals surface area contributed by atoms with Crippen LogP contribution in [0.1, 0.15) is 31.2 Å². The lowest BCUT2D eigenvalue weighted by molar-refractivity contribution is 0.0115. The van der Waals surface area contributed by atoms with Crippen LogP contribution in [0.25, 0.3) is 10.9 Å². The zero-order valence-corrected chi connectivity index (χ0v) is 10.9. The first-order valence-electron chi connectivity index (χ1n) is 6.98. The highest BCUT2D eigenvalue weighted by molar-refractivity contribution is 5.81. The summed E-state index contributed by atoms with van der Waals surface area (Å²) in [5.41, 5.74) is 2.03. The highest BCUT2D eigenvalue weighted by Crippen LogP contribution is 2.22. The second-order valence-electron chi connectivity index (χ2n) is 5.16. The minimum absolute atomic E-state index is 0.198. The zero-order chi connectivity index (χ0) is 13.1. The van der Waals surface area contributed by atoms with E-state index < -0.39 is 0 Å². The molecule has 2 nitrogen and oxygen atoms in total. The lowest BCUT2D eigenvalue weighted by Gasteiger charge is -2.22. The van der Waals surface area contributed by atoms with E-state index in [4.69, 9.17) is 4.74 Å². The first-order chi connectivity index (χ1) is 9.33. The second kappa shape index (κ2) is 5.66. The number of nitrogens with zero attached hydrogens (tertiary/aromatic N) is 1. The van der Waals surface area contributed by atoms with E-state index in [1.807, 2.05) is 6.07 Å². The van der Waals surface area contributed by atoms with Crippen LogP contribution in [0, 0.1) is 5.82 Å². The fraction of sp³-hybridized carbons (Fsp3) is 0.438. The van der Waals surface area contributed by atoms with Gasteiger partial charge in [-0.05, 0) is 61.9 Å². The molecule has 1 aromatic carbocycles. The van der Waals surface area contributed by atoms with Crippen LogP contribution >= 0.6 is 0 Å². The zero-order valence-electron chi connectivity index (χ0n) is 10.9. The van der Waals surface area contributed by atoms with Crippen LogP contribution in [0.15, 0.2) is 30.5 Å². The molecular weight excluding hydrogens is 241 g/mol. The third-order valence-corrected chi connectivity index (χ3v) is 3.80. The summed E-state index contributed by atoms with van der Waals surface area (Å²) < 4.78 is 19.1. The summed E-state index contributed by atoms with van der Waals surface area (Å²) >= 11 is 0. The molecule has 1 saturated heterocycles. The van der Waals surface area contributed by atoms with Gasteiger partial charge in [-0.2, -0.15) is 0 Å². The van der Waals surface area contributed by atoms with Crippen LogP contribution in [0.4, 0.5) is 4.39 Å². The lowest BCUT2D eigenvalue weighted by Crippen LogP contribution is -2.19. The molecule has 1 aromatic heterocycles. The van der Waals surface area contributed by atoms with Crippen molar-refractivity contribution in [3.63, 3.8) is 0 Å². The van der Waals surface area contributed by atoms with Crippen molar-refractivity contribution in [2.45, 2.75) is 38.2 Å². The van der Waals surface area contributed by atoms with Crippen molar-refractivity contribution in [2.24, 2.45) is 0 Å². The number of hydrogen-bond acceptors (Lipinski definition) is 2. The van der Waals surface area contributed by atoms with E-state index in [2.05, 4.69) is 4.98 Å². The van der Waals surface area contributed by atoms with Crippen LogP contribution in [0.3, 0.4) is 0 Å². The smallest absolute Gasteiger partial charge is 0.123 e. The second-order valence-corrected chi connectivity index (χ2v) is 5.16. The molecule has 1 unspecified atom stereocenters. The average Bonchev–Trinajstić information content (AvgIpc) is 2.46. The van der Waals surface area contributed by atoms with Gasteiger partial charge in [0, 0.05) is 18.2 Å². The van der Waals surface area contributed by atoms with Crippen molar-refractivity contribution in [1.82, 2.24) is 4.98 Å². The SMILES string of the molecule is Fc1ccc2nccc(CCC3CCCCO3)c2c1. The largest absolute Gasteiger partial charge is 0.378 e. The van der Waals surface area contributed by atoms with E-state index >= 15 is 0 Å². The molecule has 1 atom stereocenters. The first-order valence-corrected chi connectivity index (χ1v) is 6.98. The molecule has 100 valence electrons. The minimum atomic E-state index is -0.198. The third kappa shape index (κ3) is 2.92. The summed E-state index contributed by atoms with van der Waals surface area (Å²) in [4.78, 5) is 4.28. The maximum absolute atomic E-state index is 13.4. The van der Waals surface area contributed by atoms with Gasteiger partial charge in [-0.25, -0.2) is 4.39 Å². The lowest BCUT2D eigenvalue weighted by atomic mass is 9.99. The molecule has 0 N–H and O–H groups in total. The van der Waals surface area contributed by atoms with E-state index in [1.54, 1.807) is 18.3 Å². The predicted octanol–water partition coefficient (Wildman–Crippen LogP) is 3.88. The fourth-order valence-electron chi connectivity index (χ4n) is 2.74. The Labute approximate surface area is 112 Å². The summed E-state index contributed by atoms with van der Waals surface area (Å²) in [5, 5.41) is 0.929. The number of fused-ring (bicyclic) bond motifs is 1. The maximum Gasteiger partial charge on any atom is 0.123 e. The highest BCUT2D eigenvalue weighted by Gasteiger charge is 2.14. The van der Waals surface area contributed by atoms with Crippen molar-refractivity contribution >= 4 is 10.9 Å². The molecule has 0 radical (unpaired) electrons. The Hall–Kier alpha value is -1.48. The van der Waals surface area contributed by atoms with Crippen molar-refractivity contribution in [1.29, 1.82) is 0 Å². The van der Waals surface area contributed by atoms with Crippen LogP contribution in [-0.4, -0.2) is 17.7 Å². The topological polar surface area (TPSA) is 22.1 Å². The van der Waals surface area contributed by atoms with E-state index in [-0.39, 0.29) is 5.82 Å². The van der Waals surface area contributed by atoms with Gasteiger partial charge in [0.1, 0.15) is 5.82 Å². The van der Waals surface area contributed by atoms with Crippen LogP contribution in [0.2, 0.25) is 0 Å². The molecule has 1 aliphatic rings. The molecule has 19 heavy (non-hydrogen) atoms. The summed E-state index contributed by atoms with van der Waals surface area (Å²) in [6.45, 7) is 0.885. The van der Waals surface area contributed by atoms with Gasteiger partial charge in [-0.15, -0.1) is 0 Å². The minimum Gasteiger partial charge on any atom is -0.378 e. The normalized spacial score (nSPS) is 19.7. The van der Waals surface area contributed by atoms with Crippen molar-refractivity contribution in [2.75, 3.05) is 6.61 Å².